The number of carbonyl (C=O) groups excluding carboxylic acids is 1. The lowest BCUT2D eigenvalue weighted by Crippen LogP contribution is -2.26. The van der Waals surface area contributed by atoms with Gasteiger partial charge in [-0.1, -0.05) is 0 Å². The topological polar surface area (TPSA) is 59.0 Å². The number of hydrogen-bond acceptors (Lipinski definition) is 3. The highest BCUT2D eigenvalue weighted by Gasteiger charge is 2.14. The van der Waals surface area contributed by atoms with Crippen molar-refractivity contribution in [1.82, 2.24) is 20.4 Å². The van der Waals surface area contributed by atoms with Crippen molar-refractivity contribution in [2.45, 2.75) is 12.8 Å². The SMILES string of the molecule is Cn1ccc(C(=O)NCCC2CCNC2)n1. The molecule has 1 unspecified atom stereocenters. The Morgan fingerprint density at radius 1 is 1.75 bits per heavy atom. The Kier molecular flexibility index (Phi) is 3.56. The van der Waals surface area contributed by atoms with Gasteiger partial charge in [0.05, 0.1) is 0 Å². The molecule has 5 heteroatoms. The van der Waals surface area contributed by atoms with Crippen LogP contribution >= 0.6 is 0 Å². The molecule has 2 rings (SSSR count). The van der Waals surface area contributed by atoms with E-state index >= 15 is 0 Å². The maximum atomic E-state index is 11.6. The van der Waals surface area contributed by atoms with Crippen molar-refractivity contribution < 1.29 is 4.79 Å². The van der Waals surface area contributed by atoms with Crippen molar-refractivity contribution in [3.8, 4) is 0 Å². The summed E-state index contributed by atoms with van der Waals surface area (Å²) in [5, 5.41) is 10.3. The molecule has 1 aliphatic rings. The molecule has 0 radical (unpaired) electrons. The van der Waals surface area contributed by atoms with Crippen LogP contribution in [0.25, 0.3) is 0 Å². The summed E-state index contributed by atoms with van der Waals surface area (Å²) in [7, 11) is 1.81. The van der Waals surface area contributed by atoms with Gasteiger partial charge in [-0.25, -0.2) is 0 Å². The third-order valence-electron chi connectivity index (χ3n) is 2.95. The zero-order chi connectivity index (χ0) is 11.4. The highest BCUT2D eigenvalue weighted by atomic mass is 16.1. The molecule has 0 aliphatic carbocycles. The Bertz CT molecular complexity index is 355. The minimum absolute atomic E-state index is 0.0773. The molecule has 1 saturated heterocycles. The lowest BCUT2D eigenvalue weighted by atomic mass is 10.1. The largest absolute Gasteiger partial charge is 0.351 e. The maximum Gasteiger partial charge on any atom is 0.271 e. The molecule has 0 spiro atoms. The van der Waals surface area contributed by atoms with Gasteiger partial charge >= 0.3 is 0 Å². The Morgan fingerprint density at radius 2 is 2.62 bits per heavy atom. The van der Waals surface area contributed by atoms with E-state index in [2.05, 4.69) is 15.7 Å². The summed E-state index contributed by atoms with van der Waals surface area (Å²) in [6.07, 6.45) is 4.04. The number of hydrogen-bond donors (Lipinski definition) is 2. The minimum atomic E-state index is -0.0773. The standard InChI is InChI=1S/C11H18N4O/c1-15-7-4-10(14-15)11(16)13-6-3-9-2-5-12-8-9/h4,7,9,12H,2-3,5-6,8H2,1H3,(H,13,16). The molecule has 5 nitrogen and oxygen atoms in total. The average molecular weight is 222 g/mol. The molecular formula is C11H18N4O. The van der Waals surface area contributed by atoms with Crippen molar-refractivity contribution in [3.05, 3.63) is 18.0 Å². The lowest BCUT2D eigenvalue weighted by molar-refractivity contribution is 0.0946. The predicted molar refractivity (Wildman–Crippen MR) is 61.1 cm³/mol. The Balaban J connectivity index is 1.71. The zero-order valence-corrected chi connectivity index (χ0v) is 9.57. The van der Waals surface area contributed by atoms with Gasteiger partial charge < -0.3 is 10.6 Å². The second kappa shape index (κ2) is 5.12. The van der Waals surface area contributed by atoms with Crippen LogP contribution in [0.1, 0.15) is 23.3 Å². The van der Waals surface area contributed by atoms with Gasteiger partial charge in [0, 0.05) is 19.8 Å². The fourth-order valence-corrected chi connectivity index (χ4v) is 1.98. The van der Waals surface area contributed by atoms with E-state index < -0.39 is 0 Å². The minimum Gasteiger partial charge on any atom is -0.351 e. The molecule has 1 fully saturated rings. The van der Waals surface area contributed by atoms with Gasteiger partial charge in [-0.15, -0.1) is 0 Å². The summed E-state index contributed by atoms with van der Waals surface area (Å²) in [4.78, 5) is 11.6. The molecule has 2 N–H and O–H groups in total. The zero-order valence-electron chi connectivity index (χ0n) is 9.57. The molecule has 1 atom stereocenters. The summed E-state index contributed by atoms with van der Waals surface area (Å²) in [6.45, 7) is 2.93. The van der Waals surface area contributed by atoms with E-state index in [0.717, 1.165) is 26.1 Å². The molecule has 1 aliphatic heterocycles. The molecule has 2 heterocycles. The summed E-state index contributed by atoms with van der Waals surface area (Å²) < 4.78 is 1.63. The van der Waals surface area contributed by atoms with Crippen LogP contribution in [0, 0.1) is 5.92 Å². The van der Waals surface area contributed by atoms with Gasteiger partial charge in [0.1, 0.15) is 5.69 Å². The summed E-state index contributed by atoms with van der Waals surface area (Å²) in [5.41, 5.74) is 0.493. The molecule has 0 bridgehead atoms. The lowest BCUT2D eigenvalue weighted by Gasteiger charge is -2.08. The van der Waals surface area contributed by atoms with Crippen LogP contribution in [0.5, 0.6) is 0 Å². The van der Waals surface area contributed by atoms with Gasteiger partial charge in [0.15, 0.2) is 0 Å². The van der Waals surface area contributed by atoms with Gasteiger partial charge in [-0.05, 0) is 37.9 Å². The summed E-state index contributed by atoms with van der Waals surface area (Å²) >= 11 is 0. The van der Waals surface area contributed by atoms with E-state index in [1.54, 1.807) is 24.0 Å². The molecule has 1 amide bonds. The normalized spacial score (nSPS) is 19.9. The van der Waals surface area contributed by atoms with Crippen molar-refractivity contribution in [2.75, 3.05) is 19.6 Å². The van der Waals surface area contributed by atoms with Crippen molar-refractivity contribution >= 4 is 5.91 Å². The quantitative estimate of drug-likeness (QED) is 0.762. The maximum absolute atomic E-state index is 11.6. The third kappa shape index (κ3) is 2.82. The fourth-order valence-electron chi connectivity index (χ4n) is 1.98. The van der Waals surface area contributed by atoms with Crippen molar-refractivity contribution in [1.29, 1.82) is 0 Å². The van der Waals surface area contributed by atoms with Gasteiger partial charge in [-0.3, -0.25) is 9.48 Å². The molecule has 1 aromatic rings. The van der Waals surface area contributed by atoms with Crippen molar-refractivity contribution in [3.63, 3.8) is 0 Å². The first-order valence-corrected chi connectivity index (χ1v) is 5.74. The van der Waals surface area contributed by atoms with Crippen LogP contribution in [0.2, 0.25) is 0 Å². The van der Waals surface area contributed by atoms with Crippen LogP contribution in [0.4, 0.5) is 0 Å². The van der Waals surface area contributed by atoms with Gasteiger partial charge in [0.25, 0.3) is 5.91 Å². The molecule has 88 valence electrons. The van der Waals surface area contributed by atoms with Crippen LogP contribution in [-0.4, -0.2) is 35.3 Å². The number of aromatic nitrogens is 2. The van der Waals surface area contributed by atoms with Gasteiger partial charge in [-0.2, -0.15) is 5.10 Å². The van der Waals surface area contributed by atoms with Gasteiger partial charge in [0.2, 0.25) is 0 Å². The molecule has 16 heavy (non-hydrogen) atoms. The second-order valence-electron chi connectivity index (χ2n) is 4.28. The first-order chi connectivity index (χ1) is 7.75. The van der Waals surface area contributed by atoms with Crippen molar-refractivity contribution in [2.24, 2.45) is 13.0 Å². The molecule has 0 aromatic carbocycles. The van der Waals surface area contributed by atoms with E-state index in [-0.39, 0.29) is 5.91 Å². The van der Waals surface area contributed by atoms with E-state index in [9.17, 15) is 4.79 Å². The number of rotatable bonds is 4. The van der Waals surface area contributed by atoms with E-state index in [4.69, 9.17) is 0 Å². The summed E-state index contributed by atoms with van der Waals surface area (Å²) in [5.74, 6) is 0.635. The number of nitrogens with zero attached hydrogens (tertiary/aromatic N) is 2. The number of aryl methyl sites for hydroxylation is 1. The fraction of sp³-hybridized carbons (Fsp3) is 0.636. The first-order valence-electron chi connectivity index (χ1n) is 5.74. The van der Waals surface area contributed by atoms with Crippen LogP contribution in [0.3, 0.4) is 0 Å². The summed E-state index contributed by atoms with van der Waals surface area (Å²) in [6, 6.07) is 1.73. The second-order valence-corrected chi connectivity index (χ2v) is 4.28. The Hall–Kier alpha value is -1.36. The third-order valence-corrected chi connectivity index (χ3v) is 2.95. The van der Waals surface area contributed by atoms with Crippen LogP contribution < -0.4 is 10.6 Å². The Labute approximate surface area is 95.2 Å². The van der Waals surface area contributed by atoms with E-state index in [1.807, 2.05) is 0 Å². The van der Waals surface area contributed by atoms with Crippen LogP contribution in [-0.2, 0) is 7.05 Å². The average Bonchev–Trinajstić information content (AvgIpc) is 2.89. The first kappa shape index (κ1) is 11.1. The highest BCUT2D eigenvalue weighted by Crippen LogP contribution is 2.10. The predicted octanol–water partition coefficient (Wildman–Crippen LogP) is 0.150. The highest BCUT2D eigenvalue weighted by molar-refractivity contribution is 5.92. The van der Waals surface area contributed by atoms with E-state index in [0.29, 0.717) is 11.6 Å². The smallest absolute Gasteiger partial charge is 0.271 e. The molecular weight excluding hydrogens is 204 g/mol. The molecule has 0 saturated carbocycles. The number of carbonyl (C=O) groups is 1. The van der Waals surface area contributed by atoms with E-state index in [1.165, 1.54) is 6.42 Å². The number of amides is 1. The number of nitrogens with one attached hydrogen (secondary N) is 2. The monoisotopic (exact) mass is 222 g/mol. The molecule has 1 aromatic heterocycles. The Morgan fingerprint density at radius 3 is 3.25 bits per heavy atom. The van der Waals surface area contributed by atoms with Crippen LogP contribution in [0.15, 0.2) is 12.3 Å².